The molecule has 0 aromatic rings. The van der Waals surface area contributed by atoms with E-state index in [2.05, 4.69) is 24.1 Å². The highest BCUT2D eigenvalue weighted by Crippen LogP contribution is 2.17. The minimum atomic E-state index is 0.217. The first kappa shape index (κ1) is 13.5. The van der Waals surface area contributed by atoms with Gasteiger partial charge in [-0.05, 0) is 45.7 Å². The van der Waals surface area contributed by atoms with Crippen molar-refractivity contribution in [2.24, 2.45) is 11.8 Å². The van der Waals surface area contributed by atoms with Gasteiger partial charge in [-0.25, -0.2) is 0 Å². The average molecular weight is 226 g/mol. The van der Waals surface area contributed by atoms with Gasteiger partial charge in [-0.2, -0.15) is 0 Å². The molecule has 1 N–H and O–H groups in total. The predicted molar refractivity (Wildman–Crippen MR) is 67.3 cm³/mol. The van der Waals surface area contributed by atoms with Gasteiger partial charge in [0.15, 0.2) is 0 Å². The molecule has 0 spiro atoms. The normalized spacial score (nSPS) is 22.0. The maximum Gasteiger partial charge on any atom is 0.224 e. The molecule has 1 fully saturated rings. The zero-order valence-electron chi connectivity index (χ0n) is 11.1. The number of hydrogen-bond acceptors (Lipinski definition) is 2. The van der Waals surface area contributed by atoms with Crippen molar-refractivity contribution >= 4 is 5.91 Å². The lowest BCUT2D eigenvalue weighted by Crippen LogP contribution is -2.37. The topological polar surface area (TPSA) is 32.3 Å². The van der Waals surface area contributed by atoms with Gasteiger partial charge >= 0.3 is 0 Å². The van der Waals surface area contributed by atoms with Crippen molar-refractivity contribution in [1.82, 2.24) is 10.2 Å². The van der Waals surface area contributed by atoms with Gasteiger partial charge in [0, 0.05) is 12.6 Å². The first-order valence-electron chi connectivity index (χ1n) is 6.51. The Hall–Kier alpha value is -0.570. The first-order chi connectivity index (χ1) is 7.49. The second kappa shape index (κ2) is 6.24. The summed E-state index contributed by atoms with van der Waals surface area (Å²) in [6.07, 6.45) is 2.26. The monoisotopic (exact) mass is 226 g/mol. The largest absolute Gasteiger partial charge is 0.354 e. The lowest BCUT2D eigenvalue weighted by atomic mass is 10.1. The van der Waals surface area contributed by atoms with Crippen molar-refractivity contribution in [1.29, 1.82) is 0 Å². The molecule has 1 heterocycles. The molecule has 1 saturated heterocycles. The summed E-state index contributed by atoms with van der Waals surface area (Å²) in [6, 6.07) is 0.261. The van der Waals surface area contributed by atoms with Crippen molar-refractivity contribution in [2.45, 2.75) is 46.6 Å². The summed E-state index contributed by atoms with van der Waals surface area (Å²) in [4.78, 5) is 14.2. The molecule has 1 amide bonds. The van der Waals surface area contributed by atoms with Crippen LogP contribution in [0.5, 0.6) is 0 Å². The number of likely N-dealkylation sites (tertiary alicyclic amines) is 1. The number of amides is 1. The summed E-state index contributed by atoms with van der Waals surface area (Å²) in [5, 5.41) is 3.00. The Morgan fingerprint density at radius 3 is 2.62 bits per heavy atom. The Morgan fingerprint density at radius 2 is 2.06 bits per heavy atom. The zero-order chi connectivity index (χ0) is 12.1. The van der Waals surface area contributed by atoms with Crippen LogP contribution < -0.4 is 5.32 Å². The SMILES string of the molecule is CC(C)CCN1CC[C@@H](C(=O)NC(C)C)C1. The van der Waals surface area contributed by atoms with E-state index in [1.54, 1.807) is 0 Å². The van der Waals surface area contributed by atoms with Gasteiger partial charge in [-0.15, -0.1) is 0 Å². The van der Waals surface area contributed by atoms with Crippen molar-refractivity contribution in [3.05, 3.63) is 0 Å². The lowest BCUT2D eigenvalue weighted by Gasteiger charge is -2.17. The number of rotatable bonds is 5. The van der Waals surface area contributed by atoms with E-state index >= 15 is 0 Å². The van der Waals surface area contributed by atoms with E-state index in [4.69, 9.17) is 0 Å². The molecular weight excluding hydrogens is 200 g/mol. The van der Waals surface area contributed by atoms with Crippen molar-refractivity contribution < 1.29 is 4.79 Å². The Kier molecular flexibility index (Phi) is 5.26. The third-order valence-electron chi connectivity index (χ3n) is 3.10. The Morgan fingerprint density at radius 1 is 1.38 bits per heavy atom. The molecule has 0 bridgehead atoms. The van der Waals surface area contributed by atoms with E-state index in [-0.39, 0.29) is 17.9 Å². The fourth-order valence-corrected chi connectivity index (χ4v) is 2.09. The third-order valence-corrected chi connectivity index (χ3v) is 3.10. The molecule has 0 saturated carbocycles. The average Bonchev–Trinajstić information content (AvgIpc) is 2.61. The van der Waals surface area contributed by atoms with E-state index in [0.717, 1.165) is 32.0 Å². The van der Waals surface area contributed by atoms with Gasteiger partial charge in [-0.3, -0.25) is 4.79 Å². The smallest absolute Gasteiger partial charge is 0.224 e. The van der Waals surface area contributed by atoms with Gasteiger partial charge in [0.2, 0.25) is 5.91 Å². The van der Waals surface area contributed by atoms with Crippen LogP contribution in [-0.2, 0) is 4.79 Å². The third kappa shape index (κ3) is 4.52. The highest BCUT2D eigenvalue weighted by molar-refractivity contribution is 5.79. The first-order valence-corrected chi connectivity index (χ1v) is 6.51. The van der Waals surface area contributed by atoms with Crippen molar-refractivity contribution in [3.8, 4) is 0 Å². The van der Waals surface area contributed by atoms with E-state index in [1.165, 1.54) is 6.42 Å². The van der Waals surface area contributed by atoms with Crippen molar-refractivity contribution in [3.63, 3.8) is 0 Å². The number of nitrogens with one attached hydrogen (secondary N) is 1. The van der Waals surface area contributed by atoms with Crippen LogP contribution in [0.3, 0.4) is 0 Å². The Balaban J connectivity index is 2.26. The molecule has 0 aromatic carbocycles. The standard InChI is InChI=1S/C13H26N2O/c1-10(2)5-7-15-8-6-12(9-15)13(16)14-11(3)4/h10-12H,5-9H2,1-4H3,(H,14,16)/t12-/m1/s1. The molecule has 3 heteroatoms. The summed E-state index contributed by atoms with van der Waals surface area (Å²) < 4.78 is 0. The molecular formula is C13H26N2O. The van der Waals surface area contributed by atoms with Gasteiger partial charge in [0.05, 0.1) is 5.92 Å². The van der Waals surface area contributed by atoms with Gasteiger partial charge < -0.3 is 10.2 Å². The second-order valence-electron chi connectivity index (χ2n) is 5.63. The highest BCUT2D eigenvalue weighted by atomic mass is 16.2. The van der Waals surface area contributed by atoms with Gasteiger partial charge in [0.1, 0.15) is 0 Å². The molecule has 0 aromatic heterocycles. The number of carbonyl (C=O) groups excluding carboxylic acids is 1. The minimum Gasteiger partial charge on any atom is -0.354 e. The van der Waals surface area contributed by atoms with Crippen molar-refractivity contribution in [2.75, 3.05) is 19.6 Å². The summed E-state index contributed by atoms with van der Waals surface area (Å²) >= 11 is 0. The summed E-state index contributed by atoms with van der Waals surface area (Å²) in [7, 11) is 0. The summed E-state index contributed by atoms with van der Waals surface area (Å²) in [5.41, 5.74) is 0. The van der Waals surface area contributed by atoms with Crippen LogP contribution in [0.1, 0.15) is 40.5 Å². The molecule has 1 atom stereocenters. The van der Waals surface area contributed by atoms with Gasteiger partial charge in [-0.1, -0.05) is 13.8 Å². The Labute approximate surface area is 99.6 Å². The van der Waals surface area contributed by atoms with Gasteiger partial charge in [0.25, 0.3) is 0 Å². The molecule has 1 rings (SSSR count). The molecule has 0 radical (unpaired) electrons. The summed E-state index contributed by atoms with van der Waals surface area (Å²) in [6.45, 7) is 11.7. The van der Waals surface area contributed by atoms with E-state index in [0.29, 0.717) is 0 Å². The molecule has 0 aliphatic carbocycles. The van der Waals surface area contributed by atoms with Crippen LogP contribution in [0.15, 0.2) is 0 Å². The molecule has 1 aliphatic heterocycles. The van der Waals surface area contributed by atoms with Crippen LogP contribution in [0, 0.1) is 11.8 Å². The van der Waals surface area contributed by atoms with E-state index < -0.39 is 0 Å². The number of carbonyl (C=O) groups is 1. The molecule has 1 aliphatic rings. The predicted octanol–water partition coefficient (Wildman–Crippen LogP) is 1.88. The molecule has 94 valence electrons. The van der Waals surface area contributed by atoms with Crippen LogP contribution >= 0.6 is 0 Å². The van der Waals surface area contributed by atoms with Crippen LogP contribution in [-0.4, -0.2) is 36.5 Å². The maximum absolute atomic E-state index is 11.8. The second-order valence-corrected chi connectivity index (χ2v) is 5.63. The lowest BCUT2D eigenvalue weighted by molar-refractivity contribution is -0.125. The number of hydrogen-bond donors (Lipinski definition) is 1. The fraction of sp³-hybridized carbons (Fsp3) is 0.923. The maximum atomic E-state index is 11.8. The van der Waals surface area contributed by atoms with Crippen LogP contribution in [0.2, 0.25) is 0 Å². The van der Waals surface area contributed by atoms with Crippen LogP contribution in [0.25, 0.3) is 0 Å². The van der Waals surface area contributed by atoms with E-state index in [9.17, 15) is 4.79 Å². The molecule has 16 heavy (non-hydrogen) atoms. The fourth-order valence-electron chi connectivity index (χ4n) is 2.09. The van der Waals surface area contributed by atoms with E-state index in [1.807, 2.05) is 13.8 Å². The zero-order valence-corrected chi connectivity index (χ0v) is 11.1. The summed E-state index contributed by atoms with van der Waals surface area (Å²) in [5.74, 6) is 1.21. The Bertz CT molecular complexity index is 226. The minimum absolute atomic E-state index is 0.217. The van der Waals surface area contributed by atoms with Crippen LogP contribution in [0.4, 0.5) is 0 Å². The number of nitrogens with zero attached hydrogens (tertiary/aromatic N) is 1. The molecule has 0 unspecified atom stereocenters. The molecule has 3 nitrogen and oxygen atoms in total. The highest BCUT2D eigenvalue weighted by Gasteiger charge is 2.28. The quantitative estimate of drug-likeness (QED) is 0.776.